The van der Waals surface area contributed by atoms with E-state index in [0.717, 1.165) is 31.2 Å². The molecule has 1 heterocycles. The second-order valence-corrected chi connectivity index (χ2v) is 5.88. The highest BCUT2D eigenvalue weighted by Gasteiger charge is 2.34. The van der Waals surface area contributed by atoms with E-state index in [9.17, 15) is 0 Å². The van der Waals surface area contributed by atoms with Gasteiger partial charge in [-0.05, 0) is 25.0 Å². The van der Waals surface area contributed by atoms with Gasteiger partial charge in [0.05, 0.1) is 10.6 Å². The first-order valence-corrected chi connectivity index (χ1v) is 7.45. The monoisotopic (exact) mass is 291 g/mol. The maximum absolute atomic E-state index is 6.48. The topological polar surface area (TPSA) is 64.9 Å². The molecule has 0 spiro atoms. The lowest BCUT2D eigenvalue weighted by molar-refractivity contribution is 0.257. The van der Waals surface area contributed by atoms with Crippen LogP contribution in [0.1, 0.15) is 44.4 Å². The molecule has 0 radical (unpaired) electrons. The third-order valence-electron chi connectivity index (χ3n) is 3.96. The molecule has 0 atom stereocenters. The summed E-state index contributed by atoms with van der Waals surface area (Å²) < 4.78 is 5.43. The summed E-state index contributed by atoms with van der Waals surface area (Å²) in [4.78, 5) is 4.49. The van der Waals surface area contributed by atoms with E-state index >= 15 is 0 Å². The fraction of sp³-hybridized carbons (Fsp3) is 0.467. The molecule has 1 fully saturated rings. The van der Waals surface area contributed by atoms with Crippen LogP contribution in [0.5, 0.6) is 0 Å². The van der Waals surface area contributed by atoms with E-state index in [1.165, 1.54) is 12.8 Å². The van der Waals surface area contributed by atoms with Crippen molar-refractivity contribution in [2.45, 2.75) is 44.1 Å². The first kappa shape index (κ1) is 13.6. The highest BCUT2D eigenvalue weighted by atomic mass is 35.5. The Kier molecular flexibility index (Phi) is 3.76. The summed E-state index contributed by atoms with van der Waals surface area (Å²) in [5.74, 6) is 1.05. The fourth-order valence-electron chi connectivity index (χ4n) is 2.75. The fourth-order valence-corrected chi connectivity index (χ4v) is 2.97. The van der Waals surface area contributed by atoms with Gasteiger partial charge < -0.3 is 10.3 Å². The molecule has 106 valence electrons. The predicted octanol–water partition coefficient (Wildman–Crippen LogP) is 3.90. The van der Waals surface area contributed by atoms with Crippen molar-refractivity contribution in [1.29, 1.82) is 0 Å². The van der Waals surface area contributed by atoms with Gasteiger partial charge in [-0.2, -0.15) is 4.98 Å². The number of halogens is 1. The minimum Gasteiger partial charge on any atom is -0.337 e. The quantitative estimate of drug-likeness (QED) is 0.852. The van der Waals surface area contributed by atoms with E-state index in [0.29, 0.717) is 16.7 Å². The van der Waals surface area contributed by atoms with Crippen LogP contribution >= 0.6 is 11.6 Å². The number of hydrogen-bond acceptors (Lipinski definition) is 4. The lowest BCUT2D eigenvalue weighted by atomic mass is 9.91. The van der Waals surface area contributed by atoms with Crippen molar-refractivity contribution in [3.05, 3.63) is 35.2 Å². The lowest BCUT2D eigenvalue weighted by Crippen LogP contribution is -2.36. The number of benzene rings is 1. The SMILES string of the molecule is NC1(c2nc(-c3ccccc3Cl)no2)CCCCCC1. The molecule has 3 rings (SSSR count). The van der Waals surface area contributed by atoms with E-state index in [1.807, 2.05) is 24.3 Å². The molecule has 1 saturated carbocycles. The molecule has 0 amide bonds. The van der Waals surface area contributed by atoms with Crippen LogP contribution in [0, 0.1) is 0 Å². The summed E-state index contributed by atoms with van der Waals surface area (Å²) in [6.07, 6.45) is 6.48. The molecule has 1 aromatic heterocycles. The maximum Gasteiger partial charge on any atom is 0.247 e. The van der Waals surface area contributed by atoms with Gasteiger partial charge in [-0.15, -0.1) is 0 Å². The Morgan fingerprint density at radius 2 is 1.80 bits per heavy atom. The molecule has 20 heavy (non-hydrogen) atoms. The van der Waals surface area contributed by atoms with E-state index in [4.69, 9.17) is 21.9 Å². The first-order valence-electron chi connectivity index (χ1n) is 7.07. The number of rotatable bonds is 2. The van der Waals surface area contributed by atoms with Crippen molar-refractivity contribution in [3.8, 4) is 11.4 Å². The van der Waals surface area contributed by atoms with Crippen molar-refractivity contribution < 1.29 is 4.52 Å². The van der Waals surface area contributed by atoms with Crippen LogP contribution in [0.15, 0.2) is 28.8 Å². The molecule has 4 nitrogen and oxygen atoms in total. The molecule has 0 aliphatic heterocycles. The first-order chi connectivity index (χ1) is 9.69. The molecule has 2 N–H and O–H groups in total. The standard InChI is InChI=1S/C15H18ClN3O/c16-12-8-4-3-7-11(12)13-18-14(20-19-13)15(17)9-5-1-2-6-10-15/h3-4,7-8H,1-2,5-6,9-10,17H2. The molecule has 1 aromatic carbocycles. The Morgan fingerprint density at radius 3 is 2.50 bits per heavy atom. The van der Waals surface area contributed by atoms with Crippen molar-refractivity contribution >= 4 is 11.6 Å². The van der Waals surface area contributed by atoms with Crippen LogP contribution in [-0.2, 0) is 5.54 Å². The second kappa shape index (κ2) is 5.54. The van der Waals surface area contributed by atoms with E-state index in [1.54, 1.807) is 0 Å². The third kappa shape index (κ3) is 2.58. The van der Waals surface area contributed by atoms with Crippen molar-refractivity contribution in [2.24, 2.45) is 5.73 Å². The van der Waals surface area contributed by atoms with Gasteiger partial charge in [-0.3, -0.25) is 0 Å². The Labute approximate surface area is 123 Å². The number of nitrogens with zero attached hydrogens (tertiary/aromatic N) is 2. The minimum absolute atomic E-state index is 0.483. The lowest BCUT2D eigenvalue weighted by Gasteiger charge is -2.22. The summed E-state index contributed by atoms with van der Waals surface area (Å²) in [7, 11) is 0. The predicted molar refractivity (Wildman–Crippen MR) is 78.3 cm³/mol. The van der Waals surface area contributed by atoms with Gasteiger partial charge in [-0.1, -0.05) is 54.6 Å². The highest BCUT2D eigenvalue weighted by molar-refractivity contribution is 6.33. The summed E-state index contributed by atoms with van der Waals surface area (Å²) in [5, 5.41) is 4.67. The summed E-state index contributed by atoms with van der Waals surface area (Å²) in [6, 6.07) is 7.48. The van der Waals surface area contributed by atoms with E-state index in [-0.39, 0.29) is 0 Å². The van der Waals surface area contributed by atoms with Gasteiger partial charge in [-0.25, -0.2) is 0 Å². The zero-order valence-corrected chi connectivity index (χ0v) is 12.1. The summed E-state index contributed by atoms with van der Waals surface area (Å²) in [5.41, 5.74) is 6.78. The Morgan fingerprint density at radius 1 is 1.10 bits per heavy atom. The number of nitrogens with two attached hydrogens (primary N) is 1. The van der Waals surface area contributed by atoms with E-state index < -0.39 is 5.54 Å². The largest absolute Gasteiger partial charge is 0.337 e. The van der Waals surface area contributed by atoms with Crippen LogP contribution in [-0.4, -0.2) is 10.1 Å². The van der Waals surface area contributed by atoms with Gasteiger partial charge >= 0.3 is 0 Å². The average Bonchev–Trinajstić information content (AvgIpc) is 2.84. The van der Waals surface area contributed by atoms with Crippen molar-refractivity contribution in [3.63, 3.8) is 0 Å². The van der Waals surface area contributed by atoms with Crippen LogP contribution in [0.4, 0.5) is 0 Å². The van der Waals surface area contributed by atoms with Gasteiger partial charge in [0, 0.05) is 5.56 Å². The number of aromatic nitrogens is 2. The molecular formula is C15H18ClN3O. The second-order valence-electron chi connectivity index (χ2n) is 5.47. The maximum atomic E-state index is 6.48. The molecule has 1 aliphatic carbocycles. The summed E-state index contributed by atoms with van der Waals surface area (Å²) >= 11 is 6.16. The molecule has 2 aromatic rings. The Bertz CT molecular complexity index is 588. The Hall–Kier alpha value is -1.39. The summed E-state index contributed by atoms with van der Waals surface area (Å²) in [6.45, 7) is 0. The molecule has 5 heteroatoms. The zero-order valence-electron chi connectivity index (χ0n) is 11.3. The van der Waals surface area contributed by atoms with Gasteiger partial charge in [0.15, 0.2) is 0 Å². The molecule has 1 aliphatic rings. The van der Waals surface area contributed by atoms with E-state index in [2.05, 4.69) is 10.1 Å². The van der Waals surface area contributed by atoms with Crippen LogP contribution in [0.3, 0.4) is 0 Å². The van der Waals surface area contributed by atoms with Crippen molar-refractivity contribution in [1.82, 2.24) is 10.1 Å². The zero-order chi connectivity index (χ0) is 14.0. The Balaban J connectivity index is 1.92. The van der Waals surface area contributed by atoms with Crippen LogP contribution in [0.25, 0.3) is 11.4 Å². The molecule has 0 bridgehead atoms. The van der Waals surface area contributed by atoms with Crippen LogP contribution in [0.2, 0.25) is 5.02 Å². The smallest absolute Gasteiger partial charge is 0.247 e. The molecule has 0 unspecified atom stereocenters. The van der Waals surface area contributed by atoms with Crippen LogP contribution < -0.4 is 5.73 Å². The third-order valence-corrected chi connectivity index (χ3v) is 4.29. The normalized spacial score (nSPS) is 18.7. The van der Waals surface area contributed by atoms with Gasteiger partial charge in [0.2, 0.25) is 11.7 Å². The van der Waals surface area contributed by atoms with Gasteiger partial charge in [0.25, 0.3) is 0 Å². The van der Waals surface area contributed by atoms with Crippen molar-refractivity contribution in [2.75, 3.05) is 0 Å². The highest BCUT2D eigenvalue weighted by Crippen LogP contribution is 2.34. The molecular weight excluding hydrogens is 274 g/mol. The number of hydrogen-bond donors (Lipinski definition) is 1. The molecule has 0 saturated heterocycles. The minimum atomic E-state index is -0.483. The van der Waals surface area contributed by atoms with Gasteiger partial charge in [0.1, 0.15) is 0 Å². The average molecular weight is 292 g/mol.